The summed E-state index contributed by atoms with van der Waals surface area (Å²) in [5, 5.41) is 15.6. The van der Waals surface area contributed by atoms with Crippen molar-refractivity contribution in [1.82, 2.24) is 20.2 Å². The first-order valence-electron chi connectivity index (χ1n) is 16.4. The molecule has 4 aromatic rings. The standard InChI is InChI=1S/C36H34ClF2N5O3/c1-2-25-28(37)6-3-19-9-23(45)11-26(30(19)25)31-29(38)12-27-33(32(31)39)41-35(42-34(27)43-13-20-4-5-21(14-43)40-20)47-18-36(7-8-36)17-44-15-24-10-22(44)16-46-24/h1,3,6,9,11-12,20-22,24,40,45H,4-5,7-8,10,13-18H2/t20?,21?,22-,24-/m0/s1. The van der Waals surface area contributed by atoms with Crippen molar-refractivity contribution in [2.45, 2.75) is 56.3 Å². The van der Waals surface area contributed by atoms with Crippen LogP contribution in [0.5, 0.6) is 11.8 Å². The summed E-state index contributed by atoms with van der Waals surface area (Å²) in [4.78, 5) is 14.0. The van der Waals surface area contributed by atoms with Crippen LogP contribution in [0.4, 0.5) is 14.6 Å². The van der Waals surface area contributed by atoms with E-state index in [1.165, 1.54) is 18.2 Å². The Hall–Kier alpha value is -3.75. The molecule has 2 N–H and O–H groups in total. The lowest BCUT2D eigenvalue weighted by Crippen LogP contribution is -2.51. The van der Waals surface area contributed by atoms with E-state index >= 15 is 8.78 Å². The maximum Gasteiger partial charge on any atom is 0.319 e. The number of benzene rings is 3. The third-order valence-corrected chi connectivity index (χ3v) is 11.2. The number of ether oxygens (including phenoxy) is 2. The lowest BCUT2D eigenvalue weighted by molar-refractivity contribution is 0.0176. The number of hydrogen-bond acceptors (Lipinski definition) is 8. The highest BCUT2D eigenvalue weighted by atomic mass is 35.5. The van der Waals surface area contributed by atoms with E-state index in [2.05, 4.69) is 26.0 Å². The van der Waals surface area contributed by atoms with Crippen LogP contribution in [-0.4, -0.2) is 83.6 Å². The van der Waals surface area contributed by atoms with Crippen LogP contribution in [0.1, 0.15) is 37.7 Å². The van der Waals surface area contributed by atoms with Crippen molar-refractivity contribution < 1.29 is 23.4 Å². The largest absolute Gasteiger partial charge is 0.508 e. The number of aromatic hydroxyl groups is 1. The van der Waals surface area contributed by atoms with Crippen LogP contribution in [0.15, 0.2) is 30.3 Å². The van der Waals surface area contributed by atoms with Crippen molar-refractivity contribution in [3.63, 3.8) is 0 Å². The van der Waals surface area contributed by atoms with Crippen LogP contribution in [-0.2, 0) is 4.74 Å². The zero-order valence-electron chi connectivity index (χ0n) is 25.7. The molecule has 1 aliphatic carbocycles. The summed E-state index contributed by atoms with van der Waals surface area (Å²) in [5.41, 5.74) is -0.0232. The van der Waals surface area contributed by atoms with Crippen LogP contribution in [0.25, 0.3) is 32.8 Å². The summed E-state index contributed by atoms with van der Waals surface area (Å²) in [6, 6.07) is 8.45. The summed E-state index contributed by atoms with van der Waals surface area (Å²) in [7, 11) is 0. The lowest BCUT2D eigenvalue weighted by atomic mass is 9.93. The van der Waals surface area contributed by atoms with E-state index in [0.29, 0.717) is 48.4 Å². The molecular formula is C36H34ClF2N5O3. The van der Waals surface area contributed by atoms with Gasteiger partial charge >= 0.3 is 6.01 Å². The van der Waals surface area contributed by atoms with Crippen molar-refractivity contribution >= 4 is 39.1 Å². The van der Waals surface area contributed by atoms with Crippen molar-refractivity contribution in [2.75, 3.05) is 44.3 Å². The molecule has 11 heteroatoms. The van der Waals surface area contributed by atoms with Crippen molar-refractivity contribution in [2.24, 2.45) is 5.41 Å². The van der Waals surface area contributed by atoms with E-state index in [9.17, 15) is 5.11 Å². The molecule has 5 heterocycles. The fourth-order valence-electron chi connectivity index (χ4n) is 8.29. The van der Waals surface area contributed by atoms with Gasteiger partial charge in [-0.3, -0.25) is 4.90 Å². The predicted molar refractivity (Wildman–Crippen MR) is 176 cm³/mol. The Bertz CT molecular complexity index is 1990. The van der Waals surface area contributed by atoms with Gasteiger partial charge in [0.2, 0.25) is 0 Å². The number of phenols is 1. The molecule has 242 valence electrons. The summed E-state index contributed by atoms with van der Waals surface area (Å²) in [6.07, 6.45) is 11.4. The number of halogens is 3. The van der Waals surface area contributed by atoms with Gasteiger partial charge in [0.05, 0.1) is 35.5 Å². The third-order valence-electron chi connectivity index (χ3n) is 10.8. The van der Waals surface area contributed by atoms with Gasteiger partial charge in [0.25, 0.3) is 0 Å². The lowest BCUT2D eigenvalue weighted by Gasteiger charge is -2.34. The number of nitrogens with one attached hydrogen (secondary N) is 1. The number of anilines is 1. The molecule has 2 unspecified atom stereocenters. The Kier molecular flexibility index (Phi) is 6.81. The van der Waals surface area contributed by atoms with E-state index in [1.54, 1.807) is 12.1 Å². The Labute approximate surface area is 276 Å². The Morgan fingerprint density at radius 2 is 1.94 bits per heavy atom. The van der Waals surface area contributed by atoms with Gasteiger partial charge in [-0.15, -0.1) is 6.42 Å². The van der Waals surface area contributed by atoms with Gasteiger partial charge in [-0.1, -0.05) is 23.6 Å². The van der Waals surface area contributed by atoms with Gasteiger partial charge < -0.3 is 24.8 Å². The number of nitrogens with zero attached hydrogens (tertiary/aromatic N) is 4. The number of hydrogen-bond donors (Lipinski definition) is 2. The Balaban J connectivity index is 1.15. The van der Waals surface area contributed by atoms with Crippen LogP contribution in [0, 0.1) is 29.4 Å². The maximum atomic E-state index is 16.9. The summed E-state index contributed by atoms with van der Waals surface area (Å²) < 4.78 is 45.4. The molecule has 5 fully saturated rings. The van der Waals surface area contributed by atoms with Crippen LogP contribution in [0.2, 0.25) is 5.02 Å². The normalized spacial score (nSPS) is 26.0. The minimum absolute atomic E-state index is 0.00497. The number of terminal acetylenes is 1. The topological polar surface area (TPSA) is 83.0 Å². The number of aromatic nitrogens is 2. The second-order valence-corrected chi connectivity index (χ2v) is 14.4. The molecule has 3 aromatic carbocycles. The quantitative estimate of drug-likeness (QED) is 0.247. The molecule has 0 spiro atoms. The molecule has 4 aliphatic heterocycles. The third kappa shape index (κ3) is 4.98. The number of fused-ring (bicyclic) bond motifs is 6. The molecule has 0 amide bonds. The molecule has 8 nitrogen and oxygen atoms in total. The fraction of sp³-hybridized carbons (Fsp3) is 0.444. The van der Waals surface area contributed by atoms with E-state index < -0.39 is 11.6 Å². The van der Waals surface area contributed by atoms with Gasteiger partial charge in [-0.25, -0.2) is 8.78 Å². The molecule has 5 aliphatic rings. The molecule has 4 saturated heterocycles. The first kappa shape index (κ1) is 29.4. The SMILES string of the molecule is C#Cc1c(Cl)ccc2cc(O)cc(-c3c(F)cc4c(N5CC6CCC(C5)N6)nc(OCC5(CN6C[C@@H]7C[C@H]6CO7)CC5)nc4c3F)c12. The molecule has 9 rings (SSSR count). The predicted octanol–water partition coefficient (Wildman–Crippen LogP) is 5.64. The highest BCUT2D eigenvalue weighted by Gasteiger charge is 2.49. The number of phenolic OH excluding ortho intramolecular Hbond substituents is 1. The van der Waals surface area contributed by atoms with Crippen molar-refractivity contribution in [1.29, 1.82) is 0 Å². The maximum absolute atomic E-state index is 16.9. The van der Waals surface area contributed by atoms with E-state index in [1.807, 2.05) is 0 Å². The van der Waals surface area contributed by atoms with Gasteiger partial charge in [-0.05, 0) is 61.8 Å². The average molecular weight is 658 g/mol. The van der Waals surface area contributed by atoms with Crippen molar-refractivity contribution in [3.05, 3.63) is 52.6 Å². The second-order valence-electron chi connectivity index (χ2n) is 14.0. The highest BCUT2D eigenvalue weighted by molar-refractivity contribution is 6.33. The van der Waals surface area contributed by atoms with Gasteiger partial charge in [0.1, 0.15) is 22.9 Å². The van der Waals surface area contributed by atoms with Crippen molar-refractivity contribution in [3.8, 4) is 35.2 Å². The molecule has 47 heavy (non-hydrogen) atoms. The fourth-order valence-corrected chi connectivity index (χ4v) is 8.50. The zero-order valence-corrected chi connectivity index (χ0v) is 26.5. The molecule has 4 bridgehead atoms. The minimum atomic E-state index is -0.879. The summed E-state index contributed by atoms with van der Waals surface area (Å²) in [6.45, 7) is 4.40. The molecule has 1 aromatic heterocycles. The number of likely N-dealkylation sites (tertiary alicyclic amines) is 1. The monoisotopic (exact) mass is 657 g/mol. The second kappa shape index (κ2) is 10.9. The van der Waals surface area contributed by atoms with E-state index in [-0.39, 0.29) is 61.9 Å². The number of piperazine rings is 1. The van der Waals surface area contributed by atoms with Gasteiger partial charge in [0.15, 0.2) is 5.82 Å². The van der Waals surface area contributed by atoms with Gasteiger partial charge in [0, 0.05) is 66.1 Å². The van der Waals surface area contributed by atoms with E-state index in [4.69, 9.17) is 32.5 Å². The first-order valence-corrected chi connectivity index (χ1v) is 16.8. The first-order chi connectivity index (χ1) is 22.8. The molecule has 0 radical (unpaired) electrons. The number of morpholine rings is 1. The highest BCUT2D eigenvalue weighted by Crippen LogP contribution is 2.48. The zero-order chi connectivity index (χ0) is 32.0. The average Bonchev–Trinajstić information content (AvgIpc) is 3.32. The molecular weight excluding hydrogens is 624 g/mol. The summed E-state index contributed by atoms with van der Waals surface area (Å²) >= 11 is 6.43. The minimum Gasteiger partial charge on any atom is -0.508 e. The molecule has 1 saturated carbocycles. The number of rotatable bonds is 7. The Morgan fingerprint density at radius 3 is 2.64 bits per heavy atom. The van der Waals surface area contributed by atoms with Crippen LogP contribution >= 0.6 is 11.6 Å². The molecule has 4 atom stereocenters. The van der Waals surface area contributed by atoms with E-state index in [0.717, 1.165) is 51.8 Å². The Morgan fingerprint density at radius 1 is 1.13 bits per heavy atom. The smallest absolute Gasteiger partial charge is 0.319 e. The van der Waals surface area contributed by atoms with Crippen LogP contribution < -0.4 is 15.0 Å². The summed E-state index contributed by atoms with van der Waals surface area (Å²) in [5.74, 6) is 1.17. The van der Waals surface area contributed by atoms with Crippen LogP contribution in [0.3, 0.4) is 0 Å². The van der Waals surface area contributed by atoms with Gasteiger partial charge in [-0.2, -0.15) is 9.97 Å².